The molecule has 0 amide bonds. The number of rotatable bonds is 6. The molecule has 1 aromatic carbocycles. The van der Waals surface area contributed by atoms with Crippen LogP contribution in [0.2, 0.25) is 0 Å². The number of nitrogens with zero attached hydrogens (tertiary/aromatic N) is 1. The molecular formula is C20H31BrIN3O2. The molecule has 7 heteroatoms. The van der Waals surface area contributed by atoms with E-state index in [0.717, 1.165) is 75.6 Å². The Morgan fingerprint density at radius 1 is 1.19 bits per heavy atom. The van der Waals surface area contributed by atoms with Crippen LogP contribution in [0.5, 0.6) is 0 Å². The van der Waals surface area contributed by atoms with Gasteiger partial charge in [-0.2, -0.15) is 0 Å². The number of nitrogens with one attached hydrogen (secondary N) is 2. The van der Waals surface area contributed by atoms with Crippen LogP contribution in [0.3, 0.4) is 0 Å². The molecule has 2 aliphatic heterocycles. The molecule has 0 aliphatic carbocycles. The molecule has 2 N–H and O–H groups in total. The highest BCUT2D eigenvalue weighted by molar-refractivity contribution is 14.0. The van der Waals surface area contributed by atoms with Crippen LogP contribution in [-0.4, -0.2) is 51.5 Å². The average molecular weight is 552 g/mol. The van der Waals surface area contributed by atoms with Crippen molar-refractivity contribution >= 4 is 45.9 Å². The molecule has 1 aromatic rings. The van der Waals surface area contributed by atoms with Crippen molar-refractivity contribution < 1.29 is 9.47 Å². The molecule has 0 spiro atoms. The number of benzene rings is 1. The number of guanidine groups is 1. The first-order valence-corrected chi connectivity index (χ1v) is 10.5. The van der Waals surface area contributed by atoms with Gasteiger partial charge in [0.15, 0.2) is 5.96 Å². The Morgan fingerprint density at radius 2 is 1.93 bits per heavy atom. The van der Waals surface area contributed by atoms with Gasteiger partial charge in [0, 0.05) is 42.8 Å². The van der Waals surface area contributed by atoms with Gasteiger partial charge in [0.25, 0.3) is 0 Å². The highest BCUT2D eigenvalue weighted by Gasteiger charge is 2.34. The van der Waals surface area contributed by atoms with Crippen molar-refractivity contribution in [2.45, 2.75) is 44.1 Å². The molecule has 2 heterocycles. The highest BCUT2D eigenvalue weighted by Crippen LogP contribution is 2.35. The van der Waals surface area contributed by atoms with Gasteiger partial charge in [0.1, 0.15) is 0 Å². The highest BCUT2D eigenvalue weighted by atomic mass is 127. The normalized spacial score (nSPS) is 22.1. The summed E-state index contributed by atoms with van der Waals surface area (Å²) in [6, 6.07) is 8.68. The molecule has 3 rings (SSSR count). The quantitative estimate of drug-likeness (QED) is 0.320. The molecule has 1 atom stereocenters. The molecule has 0 saturated carbocycles. The largest absolute Gasteiger partial charge is 0.381 e. The number of halogens is 2. The van der Waals surface area contributed by atoms with Crippen molar-refractivity contribution in [3.05, 3.63) is 34.3 Å². The molecule has 152 valence electrons. The Hall–Kier alpha value is -0.380. The van der Waals surface area contributed by atoms with Crippen LogP contribution in [0.4, 0.5) is 0 Å². The van der Waals surface area contributed by atoms with Crippen molar-refractivity contribution in [1.29, 1.82) is 0 Å². The fraction of sp³-hybridized carbons (Fsp3) is 0.650. The van der Waals surface area contributed by atoms with Crippen LogP contribution in [0, 0.1) is 0 Å². The van der Waals surface area contributed by atoms with Gasteiger partial charge in [-0.05, 0) is 50.3 Å². The monoisotopic (exact) mass is 551 g/mol. The number of hydrogen-bond acceptors (Lipinski definition) is 3. The van der Waals surface area contributed by atoms with E-state index in [-0.39, 0.29) is 29.4 Å². The molecule has 2 aliphatic rings. The van der Waals surface area contributed by atoms with E-state index >= 15 is 0 Å². The van der Waals surface area contributed by atoms with Gasteiger partial charge in [-0.25, -0.2) is 0 Å². The zero-order valence-corrected chi connectivity index (χ0v) is 19.9. The van der Waals surface area contributed by atoms with E-state index in [1.807, 2.05) is 0 Å². The topological polar surface area (TPSA) is 54.9 Å². The van der Waals surface area contributed by atoms with Crippen LogP contribution < -0.4 is 10.6 Å². The van der Waals surface area contributed by atoms with E-state index in [1.54, 1.807) is 0 Å². The molecule has 5 nitrogen and oxygen atoms in total. The van der Waals surface area contributed by atoms with Crippen molar-refractivity contribution in [3.8, 4) is 0 Å². The van der Waals surface area contributed by atoms with Gasteiger partial charge in [-0.1, -0.05) is 28.1 Å². The fourth-order valence-corrected chi connectivity index (χ4v) is 3.96. The van der Waals surface area contributed by atoms with Gasteiger partial charge < -0.3 is 20.1 Å². The summed E-state index contributed by atoms with van der Waals surface area (Å²) in [5, 5.41) is 6.82. The minimum atomic E-state index is 0. The van der Waals surface area contributed by atoms with Crippen molar-refractivity contribution in [2.24, 2.45) is 4.99 Å². The van der Waals surface area contributed by atoms with E-state index in [1.165, 1.54) is 5.56 Å². The summed E-state index contributed by atoms with van der Waals surface area (Å²) in [6.07, 6.45) is 4.61. The van der Waals surface area contributed by atoms with E-state index in [0.29, 0.717) is 6.10 Å². The van der Waals surface area contributed by atoms with Crippen LogP contribution >= 0.6 is 39.9 Å². The summed E-state index contributed by atoms with van der Waals surface area (Å²) in [5.74, 6) is 0.881. The van der Waals surface area contributed by atoms with Crippen LogP contribution in [0.25, 0.3) is 0 Å². The van der Waals surface area contributed by atoms with E-state index in [9.17, 15) is 0 Å². The molecular weight excluding hydrogens is 521 g/mol. The average Bonchev–Trinajstić information content (AvgIpc) is 3.19. The van der Waals surface area contributed by atoms with Crippen LogP contribution in [0.1, 0.15) is 38.2 Å². The van der Waals surface area contributed by atoms with Gasteiger partial charge in [-0.15, -0.1) is 24.0 Å². The summed E-state index contributed by atoms with van der Waals surface area (Å²) in [5.41, 5.74) is 1.40. The van der Waals surface area contributed by atoms with Gasteiger partial charge >= 0.3 is 0 Å². The lowest BCUT2D eigenvalue weighted by Gasteiger charge is -2.36. The summed E-state index contributed by atoms with van der Waals surface area (Å²) < 4.78 is 12.5. The Morgan fingerprint density at radius 3 is 2.56 bits per heavy atom. The Kier molecular flexibility index (Phi) is 9.82. The zero-order valence-electron chi connectivity index (χ0n) is 16.0. The summed E-state index contributed by atoms with van der Waals surface area (Å²) in [4.78, 5) is 4.94. The molecule has 2 saturated heterocycles. The maximum absolute atomic E-state index is 5.71. The van der Waals surface area contributed by atoms with Crippen LogP contribution in [0.15, 0.2) is 33.7 Å². The minimum absolute atomic E-state index is 0. The molecule has 0 radical (unpaired) electrons. The van der Waals surface area contributed by atoms with E-state index < -0.39 is 0 Å². The Bertz CT molecular complexity index is 585. The maximum Gasteiger partial charge on any atom is 0.191 e. The first-order chi connectivity index (χ1) is 12.7. The second-order valence-corrected chi connectivity index (χ2v) is 8.03. The first-order valence-electron chi connectivity index (χ1n) is 9.69. The number of aliphatic imine (C=N–C) groups is 1. The summed E-state index contributed by atoms with van der Waals surface area (Å²) in [7, 11) is 0. The lowest BCUT2D eigenvalue weighted by Crippen LogP contribution is -2.43. The molecule has 0 bridgehead atoms. The molecule has 1 unspecified atom stereocenters. The second-order valence-electron chi connectivity index (χ2n) is 7.11. The fourth-order valence-electron chi connectivity index (χ4n) is 3.69. The third-order valence-electron chi connectivity index (χ3n) is 5.31. The lowest BCUT2D eigenvalue weighted by molar-refractivity contribution is 0.0531. The minimum Gasteiger partial charge on any atom is -0.381 e. The summed E-state index contributed by atoms with van der Waals surface area (Å²) in [6.45, 7) is 7.01. The smallest absolute Gasteiger partial charge is 0.191 e. The third-order valence-corrected chi connectivity index (χ3v) is 5.84. The van der Waals surface area contributed by atoms with Crippen molar-refractivity contribution in [1.82, 2.24) is 10.6 Å². The predicted octanol–water partition coefficient (Wildman–Crippen LogP) is 3.85. The summed E-state index contributed by atoms with van der Waals surface area (Å²) >= 11 is 3.54. The third kappa shape index (κ3) is 6.58. The zero-order chi connectivity index (χ0) is 18.2. The first kappa shape index (κ1) is 22.9. The lowest BCUT2D eigenvalue weighted by atomic mass is 9.74. The second kappa shape index (κ2) is 11.6. The molecule has 27 heavy (non-hydrogen) atoms. The van der Waals surface area contributed by atoms with Crippen molar-refractivity contribution in [2.75, 3.05) is 39.5 Å². The number of ether oxygens (including phenoxy) is 2. The maximum atomic E-state index is 5.71. The van der Waals surface area contributed by atoms with Crippen LogP contribution in [-0.2, 0) is 14.9 Å². The van der Waals surface area contributed by atoms with Gasteiger partial charge in [0.2, 0.25) is 0 Å². The SMILES string of the molecule is CCNC(=NCC1(c2ccc(Br)cc2)CCOCC1)NCC1CCCO1.I. The van der Waals surface area contributed by atoms with E-state index in [2.05, 4.69) is 57.8 Å². The Balaban J connectivity index is 0.00000261. The molecule has 2 fully saturated rings. The molecule has 0 aromatic heterocycles. The number of hydrogen-bond donors (Lipinski definition) is 2. The van der Waals surface area contributed by atoms with Gasteiger partial charge in [-0.3, -0.25) is 4.99 Å². The Labute approximate surface area is 188 Å². The van der Waals surface area contributed by atoms with Crippen molar-refractivity contribution in [3.63, 3.8) is 0 Å². The standard InChI is InChI=1S/C20H30BrN3O2.HI/c1-2-22-19(23-14-18-4-3-11-26-18)24-15-20(9-12-25-13-10-20)16-5-7-17(21)8-6-16;/h5-8,18H,2-4,9-15H2,1H3,(H2,22,23,24);1H. The predicted molar refractivity (Wildman–Crippen MR) is 124 cm³/mol. The van der Waals surface area contributed by atoms with E-state index in [4.69, 9.17) is 14.5 Å². The van der Waals surface area contributed by atoms with Gasteiger partial charge in [0.05, 0.1) is 12.6 Å².